The number of primary amides is 2. The number of likely N-dealkylation sites (tertiary alicyclic amines) is 1. The lowest BCUT2D eigenvalue weighted by atomic mass is 10.0. The second-order valence-electron chi connectivity index (χ2n) is 21.2. The minimum Gasteiger partial charge on any atom is -0.480 e. The molecule has 468 valence electrons. The van der Waals surface area contributed by atoms with Gasteiger partial charge < -0.3 is 35.9 Å². The van der Waals surface area contributed by atoms with Gasteiger partial charge in [0.2, 0.25) is 17.5 Å². The third-order valence-corrected chi connectivity index (χ3v) is 15.2. The van der Waals surface area contributed by atoms with Crippen molar-refractivity contribution < 1.29 is 42.7 Å². The Hall–Kier alpha value is -9.26. The quantitative estimate of drug-likeness (QED) is 0.0790. The van der Waals surface area contributed by atoms with Gasteiger partial charge in [-0.15, -0.1) is 12.4 Å². The number of amides is 3. The average Bonchev–Trinajstić information content (AvgIpc) is 2.23. The summed E-state index contributed by atoms with van der Waals surface area (Å²) in [6, 6.07) is 24.8. The summed E-state index contributed by atoms with van der Waals surface area (Å²) in [7, 11) is 0. The first-order chi connectivity index (χ1) is 41.0. The predicted molar refractivity (Wildman–Crippen MR) is 344 cm³/mol. The Morgan fingerprint density at radius 1 is 0.618 bits per heavy atom. The number of rotatable bonds is 14. The number of nitrogens with one attached hydrogen (secondary N) is 1. The summed E-state index contributed by atoms with van der Waals surface area (Å²) in [4.78, 5) is 102. The number of hydrogen-bond donors (Lipinski definition) is 4. The molecule has 2 saturated heterocycles. The van der Waals surface area contributed by atoms with E-state index in [0.717, 1.165) is 39.6 Å². The van der Waals surface area contributed by atoms with Gasteiger partial charge in [0.1, 0.15) is 25.4 Å². The van der Waals surface area contributed by atoms with Crippen molar-refractivity contribution in [3.05, 3.63) is 168 Å². The van der Waals surface area contributed by atoms with Gasteiger partial charge in [0.25, 0.3) is 11.8 Å². The van der Waals surface area contributed by atoms with Gasteiger partial charge in [-0.25, -0.2) is 28.7 Å². The van der Waals surface area contributed by atoms with E-state index in [0.29, 0.717) is 71.3 Å². The van der Waals surface area contributed by atoms with Gasteiger partial charge in [-0.3, -0.25) is 47.5 Å². The molecule has 3 amide bonds. The van der Waals surface area contributed by atoms with E-state index in [2.05, 4.69) is 35.2 Å². The summed E-state index contributed by atoms with van der Waals surface area (Å²) in [5.41, 5.74) is 19.4. The van der Waals surface area contributed by atoms with E-state index in [9.17, 15) is 37.5 Å². The van der Waals surface area contributed by atoms with Crippen molar-refractivity contribution in [3.8, 4) is 22.5 Å². The Labute approximate surface area is 525 Å². The number of aromatic nitrogens is 10. The number of alkyl halides is 2. The molecule has 0 saturated carbocycles. The number of nitrogens with two attached hydrogens (primary N) is 2. The smallest absolute Gasteiger partial charge is 0.323 e. The number of aryl methyl sites for hydroxylation is 2. The van der Waals surface area contributed by atoms with E-state index in [4.69, 9.17) is 16.6 Å². The normalized spacial score (nSPS) is 16.3. The van der Waals surface area contributed by atoms with Crippen LogP contribution < -0.4 is 16.8 Å². The van der Waals surface area contributed by atoms with Crippen molar-refractivity contribution in [2.24, 2.45) is 11.5 Å². The molecule has 0 radical (unpaired) electrons. The van der Waals surface area contributed by atoms with Crippen molar-refractivity contribution in [2.75, 3.05) is 13.1 Å². The SMILES string of the molecule is C.C.Cc1cccc(CC(=O)[C@@H]2CCC(F)CCN2)n1.Cc1cccc(CC(=O)[C@@H]2CCC(F)CCN2C(=O)Cn2cc(C(N)=O)c3cc(-c4cnc5ncccn45)ccc32)n1.Cl.NC(=O)c1cn(CC(=O)O)c2ccc(-c3cnc4ncccn34)cc12.S. The number of hydrogen-bond acceptors (Lipinski definition) is 13. The molecule has 8 aromatic heterocycles. The molecule has 10 aromatic rings. The largest absolute Gasteiger partial charge is 0.480 e. The summed E-state index contributed by atoms with van der Waals surface area (Å²) in [6.45, 7) is 4.09. The van der Waals surface area contributed by atoms with Crippen LogP contribution in [0.4, 0.5) is 8.78 Å². The summed E-state index contributed by atoms with van der Waals surface area (Å²) >= 11 is 0. The zero-order valence-electron chi connectivity index (χ0n) is 47.6. The molecule has 10 heterocycles. The number of fused-ring (bicyclic) bond motifs is 4. The molecule has 2 aromatic carbocycles. The Bertz CT molecular complexity index is 4170. The van der Waals surface area contributed by atoms with Crippen LogP contribution in [-0.2, 0) is 45.1 Å². The van der Waals surface area contributed by atoms with E-state index in [1.807, 2.05) is 95.7 Å². The lowest BCUT2D eigenvalue weighted by Crippen LogP contribution is -2.46. The fourth-order valence-corrected chi connectivity index (χ4v) is 11.0. The first-order valence-corrected chi connectivity index (χ1v) is 27.8. The lowest BCUT2D eigenvalue weighted by molar-refractivity contribution is -0.139. The zero-order chi connectivity index (χ0) is 59.9. The van der Waals surface area contributed by atoms with Crippen LogP contribution in [0.25, 0.3) is 55.9 Å². The van der Waals surface area contributed by atoms with Crippen LogP contribution in [0.3, 0.4) is 0 Å². The van der Waals surface area contributed by atoms with Gasteiger partial charge in [0.15, 0.2) is 11.6 Å². The monoisotopic (exact) mass is 1250 g/mol. The van der Waals surface area contributed by atoms with E-state index < -0.39 is 36.2 Å². The van der Waals surface area contributed by atoms with Crippen molar-refractivity contribution in [1.82, 2.24) is 58.1 Å². The lowest BCUT2D eigenvalue weighted by Gasteiger charge is -2.29. The number of imidazole rings is 2. The third-order valence-electron chi connectivity index (χ3n) is 15.2. The van der Waals surface area contributed by atoms with Crippen LogP contribution in [-0.4, -0.2) is 131 Å². The molecule has 21 nitrogen and oxygen atoms in total. The first-order valence-electron chi connectivity index (χ1n) is 27.8. The Morgan fingerprint density at radius 3 is 1.62 bits per heavy atom. The standard InChI is InChI=1S/C31H30FN7O3.C17H13N5O3.C14H19FN2O.2CH4.ClH.H2S/c1-19-4-2-5-22(36-19)15-28(40)26-9-7-21(32)10-13-38(26)29(41)18-37-17-24(30(33)42)23-14-20(6-8-25(23)37)27-16-35-31-34-11-3-12-39(27)31;18-16(25)12-8-21(9-15(23)24)13-3-2-10(6-11(12)13)14-7-20-17-19-4-1-5-22(14)17;1-10-3-2-4-12(17-10)9-14(18)13-6-5-11(15)7-8-16-13;;;;/h2-6,8,11-12,14,16-17,21,26H,7,9-10,13,15,18H2,1H3,(H2,33,42);1-8H,9H2,(H2,18,25)(H,23,24);2-4,11,13,16H,5-9H2,1H3;2*1H4;1H;1H2/t21?,26-;;11?,13-;;;;/m0.0..../s1. The zero-order valence-corrected chi connectivity index (χ0v) is 49.4. The summed E-state index contributed by atoms with van der Waals surface area (Å²) < 4.78 is 34.5. The van der Waals surface area contributed by atoms with E-state index in [-0.39, 0.29) is 121 Å². The van der Waals surface area contributed by atoms with Crippen LogP contribution >= 0.6 is 25.9 Å². The van der Waals surface area contributed by atoms with Crippen molar-refractivity contribution in [2.45, 2.75) is 118 Å². The van der Waals surface area contributed by atoms with E-state index in [1.165, 1.54) is 15.7 Å². The first kappa shape index (κ1) is 68.8. The minimum absolute atomic E-state index is 0. The number of carbonyl (C=O) groups excluding carboxylic acids is 5. The Kier molecular flexibility index (Phi) is 23.7. The molecule has 0 aliphatic carbocycles. The predicted octanol–water partition coefficient (Wildman–Crippen LogP) is 9.01. The van der Waals surface area contributed by atoms with E-state index in [1.54, 1.807) is 59.8 Å². The number of carboxylic acids is 1. The van der Waals surface area contributed by atoms with Crippen LogP contribution in [0.5, 0.6) is 0 Å². The summed E-state index contributed by atoms with van der Waals surface area (Å²) in [5.74, 6) is -1.50. The van der Waals surface area contributed by atoms with Crippen molar-refractivity contribution in [1.29, 1.82) is 0 Å². The molecule has 12 rings (SSSR count). The maximum atomic E-state index is 14.4. The third kappa shape index (κ3) is 16.1. The van der Waals surface area contributed by atoms with Crippen LogP contribution in [0.1, 0.15) is 96.9 Å². The van der Waals surface area contributed by atoms with Gasteiger partial charge in [-0.05, 0) is 120 Å². The second-order valence-corrected chi connectivity index (χ2v) is 21.2. The molecule has 4 atom stereocenters. The van der Waals surface area contributed by atoms with Crippen LogP contribution in [0.2, 0.25) is 0 Å². The van der Waals surface area contributed by atoms with Gasteiger partial charge in [0, 0.05) is 99.4 Å². The minimum atomic E-state index is -1.09. The molecule has 2 aliphatic rings. The van der Waals surface area contributed by atoms with Crippen molar-refractivity contribution in [3.63, 3.8) is 0 Å². The molecular weight excluding hydrogens is 1180 g/mol. The average molecular weight is 1260 g/mol. The molecule has 2 fully saturated rings. The van der Waals surface area contributed by atoms with Gasteiger partial charge >= 0.3 is 5.97 Å². The fraction of sp³-hybridized carbons (Fsp3) is 0.312. The molecular formula is C64H73ClF2N14O7S. The Balaban J connectivity index is 0.000000229. The number of nitrogens with zero attached hydrogens (tertiary/aromatic N) is 11. The number of carbonyl (C=O) groups is 6. The van der Waals surface area contributed by atoms with Crippen LogP contribution in [0.15, 0.2) is 135 Å². The number of pyridine rings is 2. The number of benzene rings is 2. The fourth-order valence-electron chi connectivity index (χ4n) is 11.0. The number of ketones is 2. The van der Waals surface area contributed by atoms with E-state index >= 15 is 0 Å². The van der Waals surface area contributed by atoms with Gasteiger partial charge in [-0.1, -0.05) is 39.1 Å². The highest BCUT2D eigenvalue weighted by Crippen LogP contribution is 2.31. The van der Waals surface area contributed by atoms with Gasteiger partial charge in [0.05, 0.1) is 59.8 Å². The molecule has 89 heavy (non-hydrogen) atoms. The topological polar surface area (TPSA) is 286 Å². The molecule has 6 N–H and O–H groups in total. The molecule has 2 aliphatic heterocycles. The second kappa shape index (κ2) is 30.6. The number of carboxylic acid groups (broad SMARTS) is 1. The highest BCUT2D eigenvalue weighted by Gasteiger charge is 2.34. The molecule has 2 unspecified atom stereocenters. The molecule has 0 spiro atoms. The number of Topliss-reactive ketones (excluding diaryl/α,β-unsaturated/α-hetero) is 2. The van der Waals surface area contributed by atoms with Crippen molar-refractivity contribution >= 4 is 94.5 Å². The molecule has 0 bridgehead atoms. The number of aliphatic carboxylic acids is 1. The summed E-state index contributed by atoms with van der Waals surface area (Å²) in [5, 5.41) is 13.4. The van der Waals surface area contributed by atoms with Gasteiger partial charge in [-0.2, -0.15) is 13.5 Å². The van der Waals surface area contributed by atoms with Crippen LogP contribution in [0, 0.1) is 13.8 Å². The number of halogens is 3. The highest BCUT2D eigenvalue weighted by atomic mass is 35.5. The maximum absolute atomic E-state index is 14.4. The maximum Gasteiger partial charge on any atom is 0.323 e. The summed E-state index contributed by atoms with van der Waals surface area (Å²) in [6.07, 6.45) is 14.2. The molecule has 25 heteroatoms. The Morgan fingerprint density at radius 2 is 1.11 bits per heavy atom. The highest BCUT2D eigenvalue weighted by molar-refractivity contribution is 7.59.